The van der Waals surface area contributed by atoms with E-state index in [1.54, 1.807) is 0 Å². The van der Waals surface area contributed by atoms with Crippen LogP contribution in [0.15, 0.2) is 0 Å². The van der Waals surface area contributed by atoms with E-state index in [1.807, 2.05) is 0 Å². The maximum Gasteiger partial charge on any atom is 0.225 e. The van der Waals surface area contributed by atoms with Crippen molar-refractivity contribution in [3.05, 3.63) is 10.1 Å². The molecule has 0 aromatic carbocycles. The Balaban J connectivity index is 2.17. The molecule has 0 N–H and O–H groups in total. The van der Waals surface area contributed by atoms with Gasteiger partial charge in [-0.05, 0) is 25.7 Å². The van der Waals surface area contributed by atoms with E-state index < -0.39 is 5.54 Å². The van der Waals surface area contributed by atoms with Gasteiger partial charge in [-0.1, -0.05) is 6.42 Å². The predicted molar refractivity (Wildman–Crippen MR) is 59.8 cm³/mol. The van der Waals surface area contributed by atoms with Gasteiger partial charge in [0.2, 0.25) is 5.54 Å². The van der Waals surface area contributed by atoms with E-state index in [0.29, 0.717) is 25.7 Å². The third-order valence-electron chi connectivity index (χ3n) is 4.33. The highest BCUT2D eigenvalue weighted by Gasteiger charge is 2.51. The number of hydrogen-bond acceptors (Lipinski definition) is 3. The van der Waals surface area contributed by atoms with Gasteiger partial charge in [0.1, 0.15) is 5.78 Å². The standard InChI is InChI=1S/C12H19NO3/c14-11-6-4-5-10(9-11)12(13(15)16)7-2-1-3-8-12/h10H,1-9H2/t10-/m0/s1. The fourth-order valence-corrected chi connectivity index (χ4v) is 3.39. The molecule has 4 nitrogen and oxygen atoms in total. The van der Waals surface area contributed by atoms with Crippen LogP contribution in [0.5, 0.6) is 0 Å². The molecule has 0 heterocycles. The Hall–Kier alpha value is -0.930. The Morgan fingerprint density at radius 2 is 1.88 bits per heavy atom. The van der Waals surface area contributed by atoms with Crippen LogP contribution in [0.2, 0.25) is 0 Å². The second-order valence-corrected chi connectivity index (χ2v) is 5.25. The SMILES string of the molecule is O=C1CCC[C@H](C2([N+](=O)[O-])CCCCC2)C1. The molecule has 2 fully saturated rings. The molecular formula is C12H19NO3. The number of Topliss-reactive ketones (excluding diaryl/α,β-unsaturated/α-hetero) is 1. The van der Waals surface area contributed by atoms with E-state index in [1.165, 1.54) is 0 Å². The molecule has 0 aliphatic heterocycles. The van der Waals surface area contributed by atoms with Crippen LogP contribution >= 0.6 is 0 Å². The van der Waals surface area contributed by atoms with Gasteiger partial charge in [0.25, 0.3) is 0 Å². The largest absolute Gasteiger partial charge is 0.300 e. The fourth-order valence-electron chi connectivity index (χ4n) is 3.39. The lowest BCUT2D eigenvalue weighted by Gasteiger charge is -2.37. The number of nitro groups is 1. The first-order valence-electron chi connectivity index (χ1n) is 6.31. The molecule has 16 heavy (non-hydrogen) atoms. The zero-order valence-corrected chi connectivity index (χ0v) is 9.61. The maximum absolute atomic E-state index is 11.5. The molecule has 90 valence electrons. The average molecular weight is 225 g/mol. The molecule has 0 aromatic rings. The minimum absolute atomic E-state index is 0.00375. The van der Waals surface area contributed by atoms with Crippen molar-refractivity contribution in [1.82, 2.24) is 0 Å². The molecule has 0 bridgehead atoms. The van der Waals surface area contributed by atoms with Gasteiger partial charge in [-0.3, -0.25) is 14.9 Å². The minimum atomic E-state index is -0.770. The van der Waals surface area contributed by atoms with Crippen molar-refractivity contribution < 1.29 is 9.72 Å². The minimum Gasteiger partial charge on any atom is -0.300 e. The summed E-state index contributed by atoms with van der Waals surface area (Å²) < 4.78 is 0. The van der Waals surface area contributed by atoms with Gasteiger partial charge in [-0.15, -0.1) is 0 Å². The number of rotatable bonds is 2. The van der Waals surface area contributed by atoms with Crippen molar-refractivity contribution in [2.24, 2.45) is 5.92 Å². The lowest BCUT2D eigenvalue weighted by atomic mass is 9.67. The summed E-state index contributed by atoms with van der Waals surface area (Å²) in [6.45, 7) is 0. The van der Waals surface area contributed by atoms with E-state index in [2.05, 4.69) is 0 Å². The summed E-state index contributed by atoms with van der Waals surface area (Å²) in [7, 11) is 0. The fraction of sp³-hybridized carbons (Fsp3) is 0.917. The van der Waals surface area contributed by atoms with Gasteiger partial charge < -0.3 is 0 Å². The zero-order valence-electron chi connectivity index (χ0n) is 9.61. The highest BCUT2D eigenvalue weighted by Crippen LogP contribution is 2.42. The summed E-state index contributed by atoms with van der Waals surface area (Å²) in [5, 5.41) is 11.4. The van der Waals surface area contributed by atoms with E-state index in [4.69, 9.17) is 0 Å². The quantitative estimate of drug-likeness (QED) is 0.536. The van der Waals surface area contributed by atoms with Crippen LogP contribution in [0.25, 0.3) is 0 Å². The van der Waals surface area contributed by atoms with Gasteiger partial charge in [-0.2, -0.15) is 0 Å². The van der Waals surface area contributed by atoms with Crippen LogP contribution in [0.3, 0.4) is 0 Å². The van der Waals surface area contributed by atoms with Crippen molar-refractivity contribution in [2.75, 3.05) is 0 Å². The normalized spacial score (nSPS) is 30.0. The van der Waals surface area contributed by atoms with E-state index >= 15 is 0 Å². The third-order valence-corrected chi connectivity index (χ3v) is 4.33. The van der Waals surface area contributed by atoms with Gasteiger partial charge in [0, 0.05) is 36.5 Å². The monoisotopic (exact) mass is 225 g/mol. The van der Waals surface area contributed by atoms with Gasteiger partial charge in [0.05, 0.1) is 0 Å². The van der Waals surface area contributed by atoms with Gasteiger partial charge in [0.15, 0.2) is 0 Å². The smallest absolute Gasteiger partial charge is 0.225 e. The molecule has 2 aliphatic carbocycles. The molecule has 0 aromatic heterocycles. The molecule has 0 spiro atoms. The highest BCUT2D eigenvalue weighted by atomic mass is 16.6. The Morgan fingerprint density at radius 3 is 2.44 bits per heavy atom. The molecule has 2 rings (SSSR count). The van der Waals surface area contributed by atoms with E-state index in [-0.39, 0.29) is 16.6 Å². The van der Waals surface area contributed by atoms with Crippen molar-refractivity contribution >= 4 is 5.78 Å². The lowest BCUT2D eigenvalue weighted by molar-refractivity contribution is -0.586. The molecule has 0 amide bonds. The van der Waals surface area contributed by atoms with Gasteiger partial charge in [-0.25, -0.2) is 0 Å². The topological polar surface area (TPSA) is 60.2 Å². The second-order valence-electron chi connectivity index (χ2n) is 5.25. The number of carbonyl (C=O) groups excluding carboxylic acids is 1. The molecule has 1 atom stereocenters. The lowest BCUT2D eigenvalue weighted by Crippen LogP contribution is -2.48. The summed E-state index contributed by atoms with van der Waals surface area (Å²) >= 11 is 0. The Bertz CT molecular complexity index is 295. The number of hydrogen-bond donors (Lipinski definition) is 0. The van der Waals surface area contributed by atoms with Crippen molar-refractivity contribution in [2.45, 2.75) is 63.3 Å². The summed E-state index contributed by atoms with van der Waals surface area (Å²) in [6.07, 6.45) is 7.15. The molecule has 2 saturated carbocycles. The molecular weight excluding hydrogens is 206 g/mol. The summed E-state index contributed by atoms with van der Waals surface area (Å²) in [6, 6.07) is 0. The number of carbonyl (C=O) groups is 1. The molecule has 0 saturated heterocycles. The van der Waals surface area contributed by atoms with Crippen molar-refractivity contribution in [3.63, 3.8) is 0 Å². The number of nitrogens with zero attached hydrogens (tertiary/aromatic N) is 1. The van der Waals surface area contributed by atoms with Crippen LogP contribution in [0.4, 0.5) is 0 Å². The first-order chi connectivity index (χ1) is 7.65. The Labute approximate surface area is 95.6 Å². The summed E-state index contributed by atoms with van der Waals surface area (Å²) in [4.78, 5) is 22.8. The third kappa shape index (κ3) is 1.97. The zero-order chi connectivity index (χ0) is 11.6. The van der Waals surface area contributed by atoms with E-state index in [0.717, 1.165) is 32.1 Å². The second kappa shape index (κ2) is 4.52. The highest BCUT2D eigenvalue weighted by molar-refractivity contribution is 5.79. The predicted octanol–water partition coefficient (Wildman–Crippen LogP) is 2.73. The average Bonchev–Trinajstić information content (AvgIpc) is 2.30. The maximum atomic E-state index is 11.5. The summed E-state index contributed by atoms with van der Waals surface area (Å²) in [5.74, 6) is 0.229. The van der Waals surface area contributed by atoms with Gasteiger partial charge >= 0.3 is 0 Å². The molecule has 0 radical (unpaired) electrons. The van der Waals surface area contributed by atoms with Crippen molar-refractivity contribution in [3.8, 4) is 0 Å². The molecule has 4 heteroatoms. The first kappa shape index (κ1) is 11.6. The van der Waals surface area contributed by atoms with Crippen LogP contribution in [0, 0.1) is 16.0 Å². The van der Waals surface area contributed by atoms with E-state index in [9.17, 15) is 14.9 Å². The van der Waals surface area contributed by atoms with Crippen LogP contribution in [0.1, 0.15) is 57.8 Å². The summed E-state index contributed by atoms with van der Waals surface area (Å²) in [5.41, 5.74) is -0.770. The number of ketones is 1. The Kier molecular flexibility index (Phi) is 3.26. The first-order valence-corrected chi connectivity index (χ1v) is 6.31. The molecule has 2 aliphatic rings. The van der Waals surface area contributed by atoms with Crippen molar-refractivity contribution in [1.29, 1.82) is 0 Å². The van der Waals surface area contributed by atoms with Crippen LogP contribution < -0.4 is 0 Å². The van der Waals surface area contributed by atoms with Crippen LogP contribution in [-0.4, -0.2) is 16.2 Å². The molecule has 0 unspecified atom stereocenters. The Morgan fingerprint density at radius 1 is 1.19 bits per heavy atom. The van der Waals surface area contributed by atoms with Crippen LogP contribution in [-0.2, 0) is 4.79 Å².